The molecule has 23 heavy (non-hydrogen) atoms. The first-order chi connectivity index (χ1) is 11.0. The van der Waals surface area contributed by atoms with E-state index in [0.29, 0.717) is 0 Å². The van der Waals surface area contributed by atoms with Crippen LogP contribution in [-0.2, 0) is 0 Å². The molecule has 0 aromatic heterocycles. The SMILES string of the molecule is Cc1cc(C)cc([C@H]2NC=CC=N[C@H]2c2cc(C)cc(C)c2)c1. The Balaban J connectivity index is 2.08. The van der Waals surface area contributed by atoms with Gasteiger partial charge < -0.3 is 5.32 Å². The number of aryl methyl sites for hydroxylation is 4. The van der Waals surface area contributed by atoms with Gasteiger partial charge in [0.05, 0.1) is 12.1 Å². The number of nitrogens with one attached hydrogen (secondary N) is 1. The summed E-state index contributed by atoms with van der Waals surface area (Å²) in [5.74, 6) is 0. The molecule has 2 heteroatoms. The van der Waals surface area contributed by atoms with Crippen LogP contribution in [0.15, 0.2) is 53.7 Å². The molecule has 0 aliphatic carbocycles. The molecule has 0 bridgehead atoms. The van der Waals surface area contributed by atoms with Gasteiger partial charge in [-0.2, -0.15) is 0 Å². The summed E-state index contributed by atoms with van der Waals surface area (Å²) in [5.41, 5.74) is 7.70. The lowest BCUT2D eigenvalue weighted by atomic mass is 9.90. The number of rotatable bonds is 2. The van der Waals surface area contributed by atoms with Gasteiger partial charge in [0.15, 0.2) is 0 Å². The summed E-state index contributed by atoms with van der Waals surface area (Å²) in [6.07, 6.45) is 5.87. The molecule has 3 rings (SSSR count). The minimum atomic E-state index is 0.0739. The average molecular weight is 304 g/mol. The lowest BCUT2D eigenvalue weighted by Gasteiger charge is -2.26. The lowest BCUT2D eigenvalue weighted by molar-refractivity contribution is 0.515. The highest BCUT2D eigenvalue weighted by Crippen LogP contribution is 2.34. The molecule has 0 radical (unpaired) electrons. The number of nitrogens with zero attached hydrogens (tertiary/aromatic N) is 1. The second kappa shape index (κ2) is 6.41. The molecule has 2 atom stereocenters. The lowest BCUT2D eigenvalue weighted by Crippen LogP contribution is -2.22. The predicted octanol–water partition coefficient (Wildman–Crippen LogP) is 4.89. The molecule has 0 unspecified atom stereocenters. The summed E-state index contributed by atoms with van der Waals surface area (Å²) in [4.78, 5) is 4.82. The highest BCUT2D eigenvalue weighted by Gasteiger charge is 2.24. The maximum atomic E-state index is 4.82. The fourth-order valence-electron chi connectivity index (χ4n) is 3.45. The fraction of sp³-hybridized carbons (Fsp3) is 0.286. The van der Waals surface area contributed by atoms with Crippen molar-refractivity contribution < 1.29 is 0 Å². The number of hydrogen-bond donors (Lipinski definition) is 1. The zero-order valence-electron chi connectivity index (χ0n) is 14.3. The van der Waals surface area contributed by atoms with E-state index in [1.165, 1.54) is 33.4 Å². The van der Waals surface area contributed by atoms with Crippen molar-refractivity contribution in [2.45, 2.75) is 39.8 Å². The van der Waals surface area contributed by atoms with Crippen LogP contribution in [0.4, 0.5) is 0 Å². The van der Waals surface area contributed by atoms with Crippen molar-refractivity contribution in [2.24, 2.45) is 4.99 Å². The van der Waals surface area contributed by atoms with E-state index in [1.807, 2.05) is 18.5 Å². The molecule has 2 aromatic carbocycles. The molecule has 1 aliphatic rings. The molecule has 0 saturated carbocycles. The van der Waals surface area contributed by atoms with Crippen molar-refractivity contribution in [2.75, 3.05) is 0 Å². The van der Waals surface area contributed by atoms with Crippen molar-refractivity contribution in [1.82, 2.24) is 5.32 Å². The molecule has 0 spiro atoms. The highest BCUT2D eigenvalue weighted by atomic mass is 15.0. The number of hydrogen-bond acceptors (Lipinski definition) is 2. The van der Waals surface area contributed by atoms with Crippen LogP contribution in [0.1, 0.15) is 45.5 Å². The normalized spacial score (nSPS) is 20.2. The van der Waals surface area contributed by atoms with E-state index in [-0.39, 0.29) is 12.1 Å². The molecular formula is C21H24N2. The second-order valence-electron chi connectivity index (χ2n) is 6.59. The van der Waals surface area contributed by atoms with E-state index in [1.54, 1.807) is 0 Å². The van der Waals surface area contributed by atoms with Crippen molar-refractivity contribution >= 4 is 6.21 Å². The van der Waals surface area contributed by atoms with E-state index in [9.17, 15) is 0 Å². The monoisotopic (exact) mass is 304 g/mol. The Labute approximate surface area is 139 Å². The summed E-state index contributed by atoms with van der Waals surface area (Å²) in [7, 11) is 0. The molecule has 118 valence electrons. The molecule has 1 heterocycles. The topological polar surface area (TPSA) is 24.4 Å². The van der Waals surface area contributed by atoms with Gasteiger partial charge in [-0.1, -0.05) is 58.7 Å². The smallest absolute Gasteiger partial charge is 0.0991 e. The summed E-state index contributed by atoms with van der Waals surface area (Å²) in [6, 6.07) is 13.7. The van der Waals surface area contributed by atoms with Crippen molar-refractivity contribution in [3.05, 3.63) is 82.1 Å². The van der Waals surface area contributed by atoms with Crippen LogP contribution in [-0.4, -0.2) is 6.21 Å². The van der Waals surface area contributed by atoms with Crippen molar-refractivity contribution in [3.63, 3.8) is 0 Å². The Morgan fingerprint density at radius 3 is 1.83 bits per heavy atom. The first-order valence-corrected chi connectivity index (χ1v) is 8.14. The van der Waals surface area contributed by atoms with Gasteiger partial charge in [0.2, 0.25) is 0 Å². The van der Waals surface area contributed by atoms with Crippen LogP contribution in [0.25, 0.3) is 0 Å². The van der Waals surface area contributed by atoms with E-state index in [2.05, 4.69) is 69.4 Å². The highest BCUT2D eigenvalue weighted by molar-refractivity contribution is 5.71. The van der Waals surface area contributed by atoms with Crippen molar-refractivity contribution in [1.29, 1.82) is 0 Å². The van der Waals surface area contributed by atoms with Crippen LogP contribution < -0.4 is 5.32 Å². The summed E-state index contributed by atoms with van der Waals surface area (Å²) < 4.78 is 0. The van der Waals surface area contributed by atoms with Gasteiger partial charge in [-0.15, -0.1) is 0 Å². The quantitative estimate of drug-likeness (QED) is 0.839. The molecular weight excluding hydrogens is 280 g/mol. The van der Waals surface area contributed by atoms with Crippen LogP contribution in [0, 0.1) is 27.7 Å². The first-order valence-electron chi connectivity index (χ1n) is 8.14. The molecule has 0 fully saturated rings. The molecule has 2 aromatic rings. The minimum Gasteiger partial charge on any atom is -0.382 e. The molecule has 1 N–H and O–H groups in total. The van der Waals surface area contributed by atoms with Gasteiger partial charge in [0.25, 0.3) is 0 Å². The molecule has 2 nitrogen and oxygen atoms in total. The van der Waals surface area contributed by atoms with Crippen LogP contribution in [0.5, 0.6) is 0 Å². The third-order valence-electron chi connectivity index (χ3n) is 4.21. The largest absolute Gasteiger partial charge is 0.382 e. The van der Waals surface area contributed by atoms with Crippen LogP contribution in [0.3, 0.4) is 0 Å². The Bertz CT molecular complexity index is 731. The van der Waals surface area contributed by atoms with Gasteiger partial charge >= 0.3 is 0 Å². The van der Waals surface area contributed by atoms with Crippen molar-refractivity contribution in [3.8, 4) is 0 Å². The minimum absolute atomic E-state index is 0.0739. The first kappa shape index (κ1) is 15.5. The molecule has 0 saturated heterocycles. The van der Waals surface area contributed by atoms with Gasteiger partial charge in [-0.25, -0.2) is 0 Å². The van der Waals surface area contributed by atoms with E-state index < -0.39 is 0 Å². The van der Waals surface area contributed by atoms with E-state index in [0.717, 1.165) is 0 Å². The Morgan fingerprint density at radius 2 is 1.26 bits per heavy atom. The maximum Gasteiger partial charge on any atom is 0.0991 e. The number of benzene rings is 2. The second-order valence-corrected chi connectivity index (χ2v) is 6.59. The van der Waals surface area contributed by atoms with Crippen LogP contribution in [0.2, 0.25) is 0 Å². The standard InChI is InChI=1S/C21H24N2/c1-14-8-15(2)11-18(10-14)20-21(23-7-5-6-22-20)19-12-16(3)9-17(4)13-19/h5-13,20-22H,1-4H3/t20-,21+/m1/s1. The zero-order valence-corrected chi connectivity index (χ0v) is 14.3. The maximum absolute atomic E-state index is 4.82. The number of aliphatic imine (C=N–C) groups is 1. The zero-order chi connectivity index (χ0) is 16.4. The fourth-order valence-corrected chi connectivity index (χ4v) is 3.45. The number of allylic oxidation sites excluding steroid dienone is 1. The molecule has 0 amide bonds. The molecule has 1 aliphatic heterocycles. The van der Waals surface area contributed by atoms with Gasteiger partial charge in [-0.3, -0.25) is 4.99 Å². The van der Waals surface area contributed by atoms with Gasteiger partial charge in [0.1, 0.15) is 0 Å². The third-order valence-corrected chi connectivity index (χ3v) is 4.21. The summed E-state index contributed by atoms with van der Waals surface area (Å²) in [5, 5.41) is 3.53. The van der Waals surface area contributed by atoms with Gasteiger partial charge in [0, 0.05) is 6.21 Å². The Kier molecular flexibility index (Phi) is 4.33. The Morgan fingerprint density at radius 1 is 0.739 bits per heavy atom. The van der Waals surface area contributed by atoms with E-state index >= 15 is 0 Å². The van der Waals surface area contributed by atoms with E-state index in [4.69, 9.17) is 4.99 Å². The summed E-state index contributed by atoms with van der Waals surface area (Å²) in [6.45, 7) is 8.60. The Hall–Kier alpha value is -2.35. The van der Waals surface area contributed by atoms with Gasteiger partial charge in [-0.05, 0) is 51.1 Å². The predicted molar refractivity (Wildman–Crippen MR) is 98.1 cm³/mol. The third kappa shape index (κ3) is 3.53. The summed E-state index contributed by atoms with van der Waals surface area (Å²) >= 11 is 0. The average Bonchev–Trinajstić information content (AvgIpc) is 2.70. The van der Waals surface area contributed by atoms with Crippen LogP contribution >= 0.6 is 0 Å².